The highest BCUT2D eigenvalue weighted by Gasteiger charge is 2.11. The van der Waals surface area contributed by atoms with Gasteiger partial charge in [0.15, 0.2) is 5.76 Å². The van der Waals surface area contributed by atoms with Crippen molar-refractivity contribution in [2.45, 2.75) is 0 Å². The van der Waals surface area contributed by atoms with Gasteiger partial charge in [0.2, 0.25) is 0 Å². The molecule has 4 rings (SSSR count). The van der Waals surface area contributed by atoms with E-state index in [1.165, 1.54) is 4.70 Å². The maximum Gasteiger partial charge on any atom is 0.152 e. The quantitative estimate of drug-likeness (QED) is 0.456. The van der Waals surface area contributed by atoms with E-state index in [1.807, 2.05) is 24.5 Å². The summed E-state index contributed by atoms with van der Waals surface area (Å²) in [7, 11) is 0. The fourth-order valence-electron chi connectivity index (χ4n) is 2.19. The summed E-state index contributed by atoms with van der Waals surface area (Å²) < 4.78 is 6.95. The van der Waals surface area contributed by atoms with E-state index in [0.717, 1.165) is 26.8 Å². The van der Waals surface area contributed by atoms with Crippen LogP contribution in [0.15, 0.2) is 59.2 Å². The molecule has 85 valence electrons. The summed E-state index contributed by atoms with van der Waals surface area (Å²) in [6, 6.07) is 19.9. The van der Waals surface area contributed by atoms with Crippen LogP contribution in [0.4, 0.5) is 0 Å². The van der Waals surface area contributed by atoms with E-state index in [-0.39, 0.29) is 0 Å². The van der Waals surface area contributed by atoms with Crippen LogP contribution in [0.5, 0.6) is 0 Å². The predicted molar refractivity (Wildman–Crippen MR) is 75.9 cm³/mol. The zero-order chi connectivity index (χ0) is 11.9. The highest BCUT2D eigenvalue weighted by Crippen LogP contribution is 2.37. The van der Waals surface area contributed by atoms with Gasteiger partial charge in [0, 0.05) is 26.9 Å². The van der Waals surface area contributed by atoms with Crippen molar-refractivity contribution in [2.24, 2.45) is 0 Å². The second kappa shape index (κ2) is 3.72. The first kappa shape index (κ1) is 9.92. The van der Waals surface area contributed by atoms with E-state index >= 15 is 0 Å². The van der Waals surface area contributed by atoms with Gasteiger partial charge in [0.25, 0.3) is 0 Å². The highest BCUT2D eigenvalue weighted by molar-refractivity contribution is 7.22. The van der Waals surface area contributed by atoms with E-state index < -0.39 is 0 Å². The molecule has 0 fully saturated rings. The first-order chi connectivity index (χ1) is 8.92. The van der Waals surface area contributed by atoms with E-state index in [0.29, 0.717) is 0 Å². The standard InChI is InChI=1S/C16H9OS/c1-3-7-13-12(6-1)10-17-16(13)15-9-11-5-2-4-8-14(11)18-15/h1-8,10H. The Labute approximate surface area is 108 Å². The molecular weight excluding hydrogens is 240 g/mol. The molecule has 0 bridgehead atoms. The van der Waals surface area contributed by atoms with Gasteiger partial charge < -0.3 is 4.42 Å². The number of fused-ring (bicyclic) bond motifs is 2. The van der Waals surface area contributed by atoms with Crippen LogP contribution < -0.4 is 0 Å². The molecule has 1 nitrogen and oxygen atoms in total. The third-order valence-corrected chi connectivity index (χ3v) is 4.13. The summed E-state index contributed by atoms with van der Waals surface area (Å²) in [5.74, 6) is 0.923. The van der Waals surface area contributed by atoms with Crippen molar-refractivity contribution in [3.63, 3.8) is 0 Å². The normalized spacial score (nSPS) is 11.3. The molecule has 0 aliphatic heterocycles. The third kappa shape index (κ3) is 1.39. The van der Waals surface area contributed by atoms with Crippen molar-refractivity contribution in [1.29, 1.82) is 0 Å². The summed E-state index contributed by atoms with van der Waals surface area (Å²) in [6.07, 6.45) is 1.81. The van der Waals surface area contributed by atoms with E-state index in [2.05, 4.69) is 36.4 Å². The number of thiophene rings is 1. The second-order valence-corrected chi connectivity index (χ2v) is 5.26. The molecule has 0 amide bonds. The van der Waals surface area contributed by atoms with Gasteiger partial charge in [-0.2, -0.15) is 0 Å². The zero-order valence-corrected chi connectivity index (χ0v) is 10.3. The van der Waals surface area contributed by atoms with Crippen molar-refractivity contribution in [2.75, 3.05) is 0 Å². The number of benzene rings is 2. The van der Waals surface area contributed by atoms with Crippen LogP contribution in [-0.2, 0) is 0 Å². The Morgan fingerprint density at radius 2 is 1.78 bits per heavy atom. The molecule has 2 aromatic carbocycles. The van der Waals surface area contributed by atoms with Gasteiger partial charge in [-0.1, -0.05) is 42.5 Å². The minimum absolute atomic E-state index is 0.923. The maximum absolute atomic E-state index is 5.71. The molecule has 2 aromatic heterocycles. The van der Waals surface area contributed by atoms with Gasteiger partial charge in [-0.15, -0.1) is 11.3 Å². The van der Waals surface area contributed by atoms with Crippen molar-refractivity contribution < 1.29 is 4.42 Å². The molecule has 0 aliphatic carbocycles. The van der Waals surface area contributed by atoms with Crippen molar-refractivity contribution >= 4 is 32.2 Å². The largest absolute Gasteiger partial charge is 0.462 e. The summed E-state index contributed by atoms with van der Waals surface area (Å²) in [5.41, 5.74) is 0. The summed E-state index contributed by atoms with van der Waals surface area (Å²) in [5, 5.41) is 3.44. The van der Waals surface area contributed by atoms with Gasteiger partial charge in [0.1, 0.15) is 0 Å². The molecule has 2 heterocycles. The lowest BCUT2D eigenvalue weighted by atomic mass is 10.1. The molecular formula is C16H9OS. The Morgan fingerprint density at radius 1 is 0.944 bits per heavy atom. The Kier molecular flexibility index (Phi) is 2.05. The number of rotatable bonds is 1. The van der Waals surface area contributed by atoms with Crippen molar-refractivity contribution in [1.82, 2.24) is 0 Å². The van der Waals surface area contributed by atoms with E-state index in [1.54, 1.807) is 11.3 Å². The molecule has 0 spiro atoms. The topological polar surface area (TPSA) is 13.1 Å². The van der Waals surface area contributed by atoms with Gasteiger partial charge in [-0.25, -0.2) is 0 Å². The first-order valence-electron chi connectivity index (χ1n) is 5.79. The van der Waals surface area contributed by atoms with Crippen molar-refractivity contribution in [3.05, 3.63) is 60.9 Å². The van der Waals surface area contributed by atoms with Crippen LogP contribution in [0.2, 0.25) is 0 Å². The third-order valence-electron chi connectivity index (χ3n) is 3.06. The van der Waals surface area contributed by atoms with E-state index in [9.17, 15) is 0 Å². The lowest BCUT2D eigenvalue weighted by molar-refractivity contribution is 0.588. The second-order valence-electron chi connectivity index (χ2n) is 4.20. The minimum Gasteiger partial charge on any atom is -0.462 e. The number of hydrogen-bond donors (Lipinski definition) is 0. The Morgan fingerprint density at radius 3 is 2.72 bits per heavy atom. The molecule has 1 radical (unpaired) electrons. The van der Waals surface area contributed by atoms with Crippen LogP contribution in [0.3, 0.4) is 0 Å². The highest BCUT2D eigenvalue weighted by atomic mass is 32.1. The zero-order valence-electron chi connectivity index (χ0n) is 9.51. The van der Waals surface area contributed by atoms with Crippen LogP contribution in [0, 0.1) is 6.07 Å². The SMILES string of the molecule is [c]1c(-c2occ3ccccc23)sc2ccccc12. The lowest BCUT2D eigenvalue weighted by Gasteiger charge is -1.91. The number of hydrogen-bond acceptors (Lipinski definition) is 2. The summed E-state index contributed by atoms with van der Waals surface area (Å²) in [4.78, 5) is 1.07. The molecule has 0 aliphatic rings. The van der Waals surface area contributed by atoms with Crippen LogP contribution in [0.1, 0.15) is 0 Å². The monoisotopic (exact) mass is 249 g/mol. The molecule has 0 saturated carbocycles. The van der Waals surface area contributed by atoms with Crippen molar-refractivity contribution in [3.8, 4) is 10.6 Å². The predicted octanol–water partition coefficient (Wildman–Crippen LogP) is 5.11. The fourth-order valence-corrected chi connectivity index (χ4v) is 3.20. The smallest absolute Gasteiger partial charge is 0.152 e. The molecule has 18 heavy (non-hydrogen) atoms. The summed E-state index contributed by atoms with van der Waals surface area (Å²) >= 11 is 1.72. The maximum atomic E-state index is 5.71. The van der Waals surface area contributed by atoms with Gasteiger partial charge in [-0.05, 0) is 6.07 Å². The van der Waals surface area contributed by atoms with Crippen LogP contribution in [0.25, 0.3) is 31.5 Å². The fraction of sp³-hybridized carbons (Fsp3) is 0. The average Bonchev–Trinajstić information content (AvgIpc) is 3.02. The summed E-state index contributed by atoms with van der Waals surface area (Å²) in [6.45, 7) is 0. The molecule has 4 aromatic rings. The minimum atomic E-state index is 0.923. The molecule has 0 unspecified atom stereocenters. The van der Waals surface area contributed by atoms with Gasteiger partial charge in [-0.3, -0.25) is 0 Å². The molecule has 0 N–H and O–H groups in total. The average molecular weight is 249 g/mol. The first-order valence-corrected chi connectivity index (χ1v) is 6.61. The van der Waals surface area contributed by atoms with Gasteiger partial charge >= 0.3 is 0 Å². The lowest BCUT2D eigenvalue weighted by Crippen LogP contribution is -1.67. The molecule has 0 saturated heterocycles. The number of furan rings is 1. The molecule has 0 atom stereocenters. The Bertz CT molecular complexity index is 805. The van der Waals surface area contributed by atoms with E-state index in [4.69, 9.17) is 4.42 Å². The Hall–Kier alpha value is -2.06. The van der Waals surface area contributed by atoms with Gasteiger partial charge in [0.05, 0.1) is 11.1 Å². The van der Waals surface area contributed by atoms with Crippen LogP contribution >= 0.6 is 11.3 Å². The molecule has 2 heteroatoms. The Balaban J connectivity index is 2.01. The van der Waals surface area contributed by atoms with Crippen LogP contribution in [-0.4, -0.2) is 0 Å².